The fourth-order valence-corrected chi connectivity index (χ4v) is 14.2. The zero-order valence-electron chi connectivity index (χ0n) is 53.4. The lowest BCUT2D eigenvalue weighted by molar-refractivity contribution is 0.000706. The first-order chi connectivity index (χ1) is 44.8. The smallest absolute Gasteiger partial charge is 0.407 e. The Morgan fingerprint density at radius 3 is 1.41 bits per heavy atom. The monoisotopic (exact) mass is 1330 g/mol. The summed E-state index contributed by atoms with van der Waals surface area (Å²) in [5.41, 5.74) is 9.20. The fraction of sp³-hybridized carbons (Fsp3) is 0.343. The maximum atomic E-state index is 14.6. The second kappa shape index (κ2) is 31.1. The number of thioether (sulfide) groups is 1. The molecule has 8 atom stereocenters. The molecule has 0 spiro atoms. The van der Waals surface area contributed by atoms with E-state index in [4.69, 9.17) is 4.74 Å². The molecule has 10 N–H and O–H groups in total. The Balaban J connectivity index is 0.852. The van der Waals surface area contributed by atoms with Gasteiger partial charge in [-0.1, -0.05) is 140 Å². The highest BCUT2D eigenvalue weighted by atomic mass is 32.2. The van der Waals surface area contributed by atoms with E-state index in [0.29, 0.717) is 48.2 Å². The number of ether oxygens (including phenoxy) is 1. The molecule has 1 aliphatic carbocycles. The van der Waals surface area contributed by atoms with Gasteiger partial charge in [-0.3, -0.25) is 26.1 Å². The Morgan fingerprint density at radius 2 is 0.968 bits per heavy atom. The van der Waals surface area contributed by atoms with Crippen molar-refractivity contribution in [3.8, 4) is 33.4 Å². The average molecular weight is 1340 g/mol. The van der Waals surface area contributed by atoms with Crippen LogP contribution in [-0.4, -0.2) is 155 Å². The molecule has 9 rings (SSSR count). The number of unbranched alkanes of at least 4 members (excludes halogenated alkanes) is 1. The molecule has 8 aromatic rings. The van der Waals surface area contributed by atoms with Gasteiger partial charge < -0.3 is 35.8 Å². The Kier molecular flexibility index (Phi) is 23.3. The summed E-state index contributed by atoms with van der Waals surface area (Å²) < 4.78 is 53.6. The van der Waals surface area contributed by atoms with E-state index in [0.717, 1.165) is 51.5 Å². The molecule has 0 bridgehead atoms. The number of aliphatic hydroxyl groups excluding tert-OH is 4. The van der Waals surface area contributed by atoms with Crippen LogP contribution in [0.5, 0.6) is 0 Å². The summed E-state index contributed by atoms with van der Waals surface area (Å²) >= 11 is 1.77. The molecule has 6 aromatic carbocycles. The first-order valence-electron chi connectivity index (χ1n) is 31.0. The lowest BCUT2D eigenvalue weighted by atomic mass is 9.84. The quantitative estimate of drug-likeness (QED) is 0.00869. The average Bonchev–Trinajstić information content (AvgIpc) is 1.05. The van der Waals surface area contributed by atoms with Crippen LogP contribution < -0.4 is 31.9 Å². The highest BCUT2D eigenvalue weighted by Crippen LogP contribution is 2.53. The molecule has 2 aromatic heterocycles. The maximum absolute atomic E-state index is 14.6. The number of aliphatic hydroxyl groups is 4. The van der Waals surface area contributed by atoms with Crippen LogP contribution in [-0.2, 0) is 29.2 Å². The summed E-state index contributed by atoms with van der Waals surface area (Å²) in [5.74, 6) is -0.740. The molecule has 0 saturated carbocycles. The van der Waals surface area contributed by atoms with Crippen molar-refractivity contribution in [1.82, 2.24) is 51.8 Å². The number of rotatable bonds is 31. The SMILES string of the molecule is C[C@H](N[C@@H](O)[C@H](C)N[C@@H](O)[C@H](C)N[C@@H](O)[C@H](CCCCOC(=O)NCC1c2ccccc2-c2ccccc21)NC(=O)c1cc(-c2cnc(S(C)(=O)=O)nc2)cc(-c2cnc(S(C)(=O)=O)nc2)c1)[C@H](O)NCC(C)(C)SC(c1ccccc1)(c1ccccc1)c1ccccc1. The molecule has 0 radical (unpaired) electrons. The van der Waals surface area contributed by atoms with Crippen LogP contribution in [0.25, 0.3) is 33.4 Å². The van der Waals surface area contributed by atoms with Gasteiger partial charge in [0.25, 0.3) is 5.91 Å². The molecule has 1 aliphatic rings. The highest BCUT2D eigenvalue weighted by Gasteiger charge is 2.42. The first kappa shape index (κ1) is 70.5. The van der Waals surface area contributed by atoms with Crippen molar-refractivity contribution < 1.29 is 51.6 Å². The number of fused-ring (bicyclic) bond motifs is 3. The van der Waals surface area contributed by atoms with Crippen molar-refractivity contribution in [3.05, 3.63) is 216 Å². The molecule has 0 aliphatic heterocycles. The minimum absolute atomic E-state index is 0.00853. The van der Waals surface area contributed by atoms with Crippen LogP contribution in [0, 0.1) is 0 Å². The second-order valence-corrected chi connectivity index (χ2v) is 30.1. The molecule has 496 valence electrons. The molecule has 24 heteroatoms. The molecule has 0 saturated heterocycles. The number of carbonyl (C=O) groups is 2. The molecule has 2 heterocycles. The van der Waals surface area contributed by atoms with Gasteiger partial charge in [-0.25, -0.2) is 41.6 Å². The van der Waals surface area contributed by atoms with Crippen molar-refractivity contribution in [2.45, 2.75) is 129 Å². The number of nitrogens with zero attached hydrogens (tertiary/aromatic N) is 4. The van der Waals surface area contributed by atoms with Gasteiger partial charge in [0, 0.05) is 95.9 Å². The van der Waals surface area contributed by atoms with Crippen molar-refractivity contribution in [2.24, 2.45) is 0 Å². The van der Waals surface area contributed by atoms with Crippen LogP contribution >= 0.6 is 11.8 Å². The van der Waals surface area contributed by atoms with E-state index in [1.807, 2.05) is 78.9 Å². The van der Waals surface area contributed by atoms with Gasteiger partial charge in [-0.15, -0.1) is 11.8 Å². The van der Waals surface area contributed by atoms with Crippen LogP contribution in [0.15, 0.2) is 193 Å². The number of sulfone groups is 2. The number of amides is 2. The van der Waals surface area contributed by atoms with E-state index >= 15 is 0 Å². The number of benzene rings is 6. The van der Waals surface area contributed by atoms with E-state index in [1.54, 1.807) is 38.6 Å². The molecular formula is C70H82N10O11S3. The Morgan fingerprint density at radius 1 is 0.553 bits per heavy atom. The minimum atomic E-state index is -3.77. The fourth-order valence-electron chi connectivity index (χ4n) is 11.5. The predicted octanol–water partition coefficient (Wildman–Crippen LogP) is 7.52. The van der Waals surface area contributed by atoms with Crippen LogP contribution in [0.2, 0.25) is 0 Å². The molecular weight excluding hydrogens is 1250 g/mol. The molecule has 94 heavy (non-hydrogen) atoms. The van der Waals surface area contributed by atoms with Crippen molar-refractivity contribution in [2.75, 3.05) is 32.2 Å². The molecule has 2 amide bonds. The van der Waals surface area contributed by atoms with Crippen molar-refractivity contribution in [1.29, 1.82) is 0 Å². The maximum Gasteiger partial charge on any atom is 0.407 e. The van der Waals surface area contributed by atoms with E-state index in [1.165, 1.54) is 36.9 Å². The Bertz CT molecular complexity index is 3830. The second-order valence-electron chi connectivity index (χ2n) is 24.3. The number of hydrogen-bond acceptors (Lipinski definition) is 20. The molecule has 21 nitrogen and oxygen atoms in total. The van der Waals surface area contributed by atoms with E-state index in [2.05, 4.69) is 126 Å². The lowest BCUT2D eigenvalue weighted by Crippen LogP contribution is -2.61. The number of nitrogens with one attached hydrogen (secondary N) is 6. The summed E-state index contributed by atoms with van der Waals surface area (Å²) in [7, 11) is -7.53. The Labute approximate surface area is 553 Å². The summed E-state index contributed by atoms with van der Waals surface area (Å²) in [4.78, 5) is 43.9. The summed E-state index contributed by atoms with van der Waals surface area (Å²) in [5, 5.41) is 63.9. The highest BCUT2D eigenvalue weighted by molar-refractivity contribution is 8.02. The van der Waals surface area contributed by atoms with Gasteiger partial charge in [0.2, 0.25) is 30.0 Å². The van der Waals surface area contributed by atoms with Gasteiger partial charge in [0.15, 0.2) is 0 Å². The number of hydrogen-bond donors (Lipinski definition) is 10. The molecule has 0 unspecified atom stereocenters. The normalized spacial score (nSPS) is 15.3. The van der Waals surface area contributed by atoms with Crippen LogP contribution in [0.1, 0.15) is 98.0 Å². The topological polar surface area (TPSA) is 316 Å². The van der Waals surface area contributed by atoms with E-state index in [-0.39, 0.29) is 24.5 Å². The van der Waals surface area contributed by atoms with Gasteiger partial charge in [0.05, 0.1) is 17.4 Å². The van der Waals surface area contributed by atoms with Crippen molar-refractivity contribution >= 4 is 43.4 Å². The Hall–Kier alpha value is -7.85. The van der Waals surface area contributed by atoms with Gasteiger partial charge in [-0.2, -0.15) is 0 Å². The summed E-state index contributed by atoms with van der Waals surface area (Å²) in [6.45, 7) is 9.92. The van der Waals surface area contributed by atoms with E-state index in [9.17, 15) is 46.9 Å². The zero-order valence-corrected chi connectivity index (χ0v) is 55.9. The number of alkyl carbamates (subject to hydrolysis) is 1. The third-order valence-electron chi connectivity index (χ3n) is 16.5. The standard InChI is InChI=1S/C70H82N10O11S3/c1-44(61(81)76-43-69(4,5)92-70(52-23-11-8-12-24-52,53-25-13-9-14-26-53)54-27-15-10-16-28-54)77-62(82)45(2)78-63(83)46(3)79-65(85)60(33-21-22-34-91-68(86)75-42-59-57-31-19-17-29-55(57)56-30-18-20-32-58(56)59)80-64(84)49-36-47(50-38-71-66(72-39-50)93(6,87)88)35-48(37-49)51-40-73-67(74-41-51)94(7,89)90/h8-20,23-32,35-41,44-46,59-63,65,76-79,81-83,85H,21-22,33-34,42-43H2,1-7H3,(H,75,86)(H,80,84)/t44-,45-,46-,60-,61-,62-,63-,65-/m0/s1. The van der Waals surface area contributed by atoms with E-state index < -0.39 is 101 Å². The predicted molar refractivity (Wildman–Crippen MR) is 364 cm³/mol. The van der Waals surface area contributed by atoms with Gasteiger partial charge in [0.1, 0.15) is 24.9 Å². The van der Waals surface area contributed by atoms with Crippen LogP contribution in [0.3, 0.4) is 0 Å². The van der Waals surface area contributed by atoms with Gasteiger partial charge >= 0.3 is 6.09 Å². The number of aromatic nitrogens is 4. The summed E-state index contributed by atoms with van der Waals surface area (Å²) in [6, 6.07) is 48.4. The van der Waals surface area contributed by atoms with Crippen molar-refractivity contribution in [3.63, 3.8) is 0 Å². The molecule has 0 fully saturated rings. The van der Waals surface area contributed by atoms with Gasteiger partial charge in [-0.05, 0) is 122 Å². The lowest BCUT2D eigenvalue weighted by Gasteiger charge is -2.42. The number of carbonyl (C=O) groups excluding carboxylic acids is 2. The largest absolute Gasteiger partial charge is 0.450 e. The third-order valence-corrected chi connectivity index (χ3v) is 19.9. The van der Waals surface area contributed by atoms with Crippen LogP contribution in [0.4, 0.5) is 4.79 Å². The first-order valence-corrected chi connectivity index (χ1v) is 35.6. The zero-order chi connectivity index (χ0) is 67.4. The summed E-state index contributed by atoms with van der Waals surface area (Å²) in [6.07, 6.45) is 1.95. The minimum Gasteiger partial charge on any atom is -0.450 e. The third kappa shape index (κ3) is 17.7.